The Morgan fingerprint density at radius 2 is 1.88 bits per heavy atom. The third kappa shape index (κ3) is 2.71. The van der Waals surface area contributed by atoms with E-state index in [1.165, 1.54) is 42.4 Å². The van der Waals surface area contributed by atoms with Gasteiger partial charge in [0.1, 0.15) is 0 Å². The zero-order chi connectivity index (χ0) is 12.3. The maximum absolute atomic E-state index is 10.6. The van der Waals surface area contributed by atoms with Crippen molar-refractivity contribution in [3.05, 3.63) is 34.9 Å². The van der Waals surface area contributed by atoms with E-state index in [1.807, 2.05) is 0 Å². The number of hydrogen-bond acceptors (Lipinski definition) is 1. The Balaban J connectivity index is 2.27. The minimum Gasteiger partial charge on any atom is -0.388 e. The van der Waals surface area contributed by atoms with Gasteiger partial charge in [-0.25, -0.2) is 0 Å². The minimum absolute atomic E-state index is 0.237. The van der Waals surface area contributed by atoms with Crippen molar-refractivity contribution < 1.29 is 5.11 Å². The summed E-state index contributed by atoms with van der Waals surface area (Å²) in [5, 5.41) is 10.6. The van der Waals surface area contributed by atoms with Gasteiger partial charge in [-0.3, -0.25) is 0 Å². The minimum atomic E-state index is -0.237. The number of aliphatic hydroxyl groups is 1. The largest absolute Gasteiger partial charge is 0.388 e. The molecule has 1 fully saturated rings. The van der Waals surface area contributed by atoms with Gasteiger partial charge in [0.05, 0.1) is 6.10 Å². The summed E-state index contributed by atoms with van der Waals surface area (Å²) in [4.78, 5) is 0. The Kier molecular flexibility index (Phi) is 4.22. The molecule has 1 atom stereocenters. The lowest BCUT2D eigenvalue weighted by Crippen LogP contribution is -2.11. The SMILES string of the molecule is CCc1ccc(CC)c(C(O)C2CCCC2)c1. The molecule has 1 unspecified atom stereocenters. The Hall–Kier alpha value is -0.820. The van der Waals surface area contributed by atoms with Crippen molar-refractivity contribution >= 4 is 0 Å². The van der Waals surface area contributed by atoms with E-state index in [2.05, 4.69) is 32.0 Å². The summed E-state index contributed by atoms with van der Waals surface area (Å²) in [6.07, 6.45) is 6.80. The van der Waals surface area contributed by atoms with Crippen molar-refractivity contribution in [2.75, 3.05) is 0 Å². The van der Waals surface area contributed by atoms with Gasteiger partial charge in [-0.1, -0.05) is 44.9 Å². The summed E-state index contributed by atoms with van der Waals surface area (Å²) in [5.74, 6) is 0.493. The Morgan fingerprint density at radius 3 is 2.47 bits per heavy atom. The van der Waals surface area contributed by atoms with Crippen LogP contribution in [0.5, 0.6) is 0 Å². The molecule has 1 saturated carbocycles. The van der Waals surface area contributed by atoms with Crippen LogP contribution >= 0.6 is 0 Å². The monoisotopic (exact) mass is 232 g/mol. The number of hydrogen-bond donors (Lipinski definition) is 1. The van der Waals surface area contributed by atoms with Crippen LogP contribution in [-0.4, -0.2) is 5.11 Å². The maximum Gasteiger partial charge on any atom is 0.0820 e. The molecule has 0 aliphatic heterocycles. The summed E-state index contributed by atoms with van der Waals surface area (Å²) < 4.78 is 0. The molecule has 0 saturated heterocycles. The van der Waals surface area contributed by atoms with E-state index >= 15 is 0 Å². The zero-order valence-electron chi connectivity index (χ0n) is 11.1. The average molecular weight is 232 g/mol. The lowest BCUT2D eigenvalue weighted by Gasteiger charge is -2.21. The van der Waals surface area contributed by atoms with Crippen LogP contribution in [0.2, 0.25) is 0 Å². The molecule has 0 heterocycles. The zero-order valence-corrected chi connectivity index (χ0v) is 11.1. The maximum atomic E-state index is 10.6. The Morgan fingerprint density at radius 1 is 1.18 bits per heavy atom. The molecular formula is C16H24O. The molecule has 0 aromatic heterocycles. The van der Waals surface area contributed by atoms with Crippen molar-refractivity contribution in [1.29, 1.82) is 0 Å². The highest BCUT2D eigenvalue weighted by molar-refractivity contribution is 5.34. The van der Waals surface area contributed by atoms with Gasteiger partial charge >= 0.3 is 0 Å². The number of aryl methyl sites for hydroxylation is 2. The molecule has 2 rings (SSSR count). The van der Waals surface area contributed by atoms with Crippen LogP contribution in [0.25, 0.3) is 0 Å². The molecule has 17 heavy (non-hydrogen) atoms. The molecule has 0 radical (unpaired) electrons. The topological polar surface area (TPSA) is 20.2 Å². The standard InChI is InChI=1S/C16H24O/c1-3-12-9-10-13(4-2)15(11-12)16(17)14-7-5-6-8-14/h9-11,14,16-17H,3-8H2,1-2H3. The molecular weight excluding hydrogens is 208 g/mol. The van der Waals surface area contributed by atoms with Gasteiger partial charge in [-0.2, -0.15) is 0 Å². The second-order valence-electron chi connectivity index (χ2n) is 5.23. The second-order valence-corrected chi connectivity index (χ2v) is 5.23. The van der Waals surface area contributed by atoms with E-state index in [4.69, 9.17) is 0 Å². The normalized spacial score (nSPS) is 18.5. The molecule has 1 nitrogen and oxygen atoms in total. The lowest BCUT2D eigenvalue weighted by molar-refractivity contribution is 0.111. The van der Waals surface area contributed by atoms with E-state index < -0.39 is 0 Å². The predicted molar refractivity (Wildman–Crippen MR) is 72.1 cm³/mol. The van der Waals surface area contributed by atoms with Crippen LogP contribution in [0.1, 0.15) is 62.3 Å². The molecule has 1 heteroatoms. The summed E-state index contributed by atoms with van der Waals surface area (Å²) in [5.41, 5.74) is 3.86. The molecule has 0 amide bonds. The van der Waals surface area contributed by atoms with E-state index in [9.17, 15) is 5.11 Å². The lowest BCUT2D eigenvalue weighted by atomic mass is 9.89. The summed E-state index contributed by atoms with van der Waals surface area (Å²) in [7, 11) is 0. The van der Waals surface area contributed by atoms with Crippen LogP contribution in [0.15, 0.2) is 18.2 Å². The number of benzene rings is 1. The van der Waals surface area contributed by atoms with E-state index in [1.54, 1.807) is 0 Å². The van der Waals surface area contributed by atoms with Crippen LogP contribution in [0.3, 0.4) is 0 Å². The van der Waals surface area contributed by atoms with Crippen molar-refractivity contribution in [3.8, 4) is 0 Å². The fraction of sp³-hybridized carbons (Fsp3) is 0.625. The second kappa shape index (κ2) is 5.68. The highest BCUT2D eigenvalue weighted by atomic mass is 16.3. The van der Waals surface area contributed by atoms with Crippen molar-refractivity contribution in [1.82, 2.24) is 0 Å². The van der Waals surface area contributed by atoms with Crippen LogP contribution < -0.4 is 0 Å². The fourth-order valence-electron chi connectivity index (χ4n) is 2.99. The summed E-state index contributed by atoms with van der Waals surface area (Å²) >= 11 is 0. The first-order chi connectivity index (χ1) is 8.26. The smallest absolute Gasteiger partial charge is 0.0820 e. The summed E-state index contributed by atoms with van der Waals surface area (Å²) in [6.45, 7) is 4.35. The molecule has 1 N–H and O–H groups in total. The molecule has 1 aromatic rings. The first-order valence-electron chi connectivity index (χ1n) is 7.06. The van der Waals surface area contributed by atoms with Gasteiger partial charge in [0.15, 0.2) is 0 Å². The number of rotatable bonds is 4. The molecule has 1 aliphatic carbocycles. The Bertz CT molecular complexity index is 364. The van der Waals surface area contributed by atoms with Crippen molar-refractivity contribution in [3.63, 3.8) is 0 Å². The van der Waals surface area contributed by atoms with Crippen LogP contribution in [0, 0.1) is 5.92 Å². The van der Waals surface area contributed by atoms with Crippen molar-refractivity contribution in [2.24, 2.45) is 5.92 Å². The quantitative estimate of drug-likeness (QED) is 0.830. The van der Waals surface area contributed by atoms with Gasteiger partial charge in [-0.15, -0.1) is 0 Å². The van der Waals surface area contributed by atoms with E-state index in [0.717, 1.165) is 12.8 Å². The first kappa shape index (κ1) is 12.6. The molecule has 1 aliphatic rings. The van der Waals surface area contributed by atoms with Crippen LogP contribution in [-0.2, 0) is 12.8 Å². The predicted octanol–water partition coefficient (Wildman–Crippen LogP) is 4.04. The van der Waals surface area contributed by atoms with E-state index in [0.29, 0.717) is 5.92 Å². The molecule has 1 aromatic carbocycles. The van der Waals surface area contributed by atoms with Crippen LogP contribution in [0.4, 0.5) is 0 Å². The average Bonchev–Trinajstić information content (AvgIpc) is 2.91. The fourth-order valence-corrected chi connectivity index (χ4v) is 2.99. The molecule has 94 valence electrons. The van der Waals surface area contributed by atoms with Gasteiger partial charge < -0.3 is 5.11 Å². The summed E-state index contributed by atoms with van der Waals surface area (Å²) in [6, 6.07) is 6.62. The first-order valence-corrected chi connectivity index (χ1v) is 7.06. The highest BCUT2D eigenvalue weighted by Gasteiger charge is 2.25. The van der Waals surface area contributed by atoms with Gasteiger partial charge in [0.2, 0.25) is 0 Å². The number of aliphatic hydroxyl groups excluding tert-OH is 1. The molecule has 0 bridgehead atoms. The molecule has 0 spiro atoms. The Labute approximate surface area is 105 Å². The van der Waals surface area contributed by atoms with Gasteiger partial charge in [0, 0.05) is 0 Å². The van der Waals surface area contributed by atoms with Gasteiger partial charge in [-0.05, 0) is 48.3 Å². The van der Waals surface area contributed by atoms with Crippen molar-refractivity contribution in [2.45, 2.75) is 58.5 Å². The third-order valence-corrected chi connectivity index (χ3v) is 4.16. The highest BCUT2D eigenvalue weighted by Crippen LogP contribution is 2.37. The van der Waals surface area contributed by atoms with Gasteiger partial charge in [0.25, 0.3) is 0 Å². The third-order valence-electron chi connectivity index (χ3n) is 4.16. The van der Waals surface area contributed by atoms with E-state index in [-0.39, 0.29) is 6.10 Å².